The molecule has 0 aliphatic rings. The first-order chi connectivity index (χ1) is 14.0. The highest BCUT2D eigenvalue weighted by atomic mass is 32.2. The summed E-state index contributed by atoms with van der Waals surface area (Å²) in [5.41, 5.74) is 2.96. The maximum atomic E-state index is 12.6. The SMILES string of the molecule is CCn1nnnc1SCC(=O)Nc1c(C#N)c(C)c(C)n1-c1ccc(OC)cc1. The Morgan fingerprint density at radius 3 is 2.66 bits per heavy atom. The minimum absolute atomic E-state index is 0.122. The number of amides is 1. The van der Waals surface area contributed by atoms with E-state index in [4.69, 9.17) is 4.74 Å². The van der Waals surface area contributed by atoms with E-state index in [1.165, 1.54) is 11.8 Å². The van der Waals surface area contributed by atoms with Crippen molar-refractivity contribution in [2.45, 2.75) is 32.5 Å². The molecule has 10 heteroatoms. The summed E-state index contributed by atoms with van der Waals surface area (Å²) in [6, 6.07) is 9.64. The third kappa shape index (κ3) is 4.09. The van der Waals surface area contributed by atoms with Gasteiger partial charge < -0.3 is 10.1 Å². The number of carbonyl (C=O) groups excluding carboxylic acids is 1. The molecular weight excluding hydrogens is 390 g/mol. The largest absolute Gasteiger partial charge is 0.497 e. The van der Waals surface area contributed by atoms with E-state index >= 15 is 0 Å². The summed E-state index contributed by atoms with van der Waals surface area (Å²) in [6.45, 7) is 6.33. The maximum Gasteiger partial charge on any atom is 0.236 e. The van der Waals surface area contributed by atoms with Gasteiger partial charge in [-0.15, -0.1) is 5.10 Å². The summed E-state index contributed by atoms with van der Waals surface area (Å²) < 4.78 is 8.70. The molecule has 0 bridgehead atoms. The van der Waals surface area contributed by atoms with Gasteiger partial charge in [-0.1, -0.05) is 11.8 Å². The normalized spacial score (nSPS) is 10.6. The van der Waals surface area contributed by atoms with E-state index in [1.54, 1.807) is 11.8 Å². The second-order valence-corrected chi connectivity index (χ2v) is 7.14. The Bertz CT molecular complexity index is 1060. The van der Waals surface area contributed by atoms with Crippen molar-refractivity contribution < 1.29 is 9.53 Å². The number of aryl methyl sites for hydroxylation is 1. The Balaban J connectivity index is 1.88. The average molecular weight is 411 g/mol. The molecule has 29 heavy (non-hydrogen) atoms. The second-order valence-electron chi connectivity index (χ2n) is 6.19. The molecule has 0 aliphatic heterocycles. The third-order valence-electron chi connectivity index (χ3n) is 4.54. The molecule has 2 aromatic heterocycles. The van der Waals surface area contributed by atoms with Gasteiger partial charge >= 0.3 is 0 Å². The van der Waals surface area contributed by atoms with Crippen LogP contribution in [0.2, 0.25) is 0 Å². The number of benzene rings is 1. The topological polar surface area (TPSA) is 111 Å². The van der Waals surface area contributed by atoms with Crippen molar-refractivity contribution in [2.24, 2.45) is 0 Å². The molecule has 1 amide bonds. The molecule has 9 nitrogen and oxygen atoms in total. The summed E-state index contributed by atoms with van der Waals surface area (Å²) in [7, 11) is 1.60. The van der Waals surface area contributed by atoms with Crippen LogP contribution in [-0.2, 0) is 11.3 Å². The Morgan fingerprint density at radius 2 is 2.03 bits per heavy atom. The van der Waals surface area contributed by atoms with Crippen LogP contribution in [0.15, 0.2) is 29.4 Å². The molecule has 0 fully saturated rings. The van der Waals surface area contributed by atoms with Crippen LogP contribution in [0.1, 0.15) is 23.7 Å². The Labute approximate surface area is 172 Å². The monoisotopic (exact) mass is 411 g/mol. The molecule has 0 spiro atoms. The predicted molar refractivity (Wildman–Crippen MR) is 109 cm³/mol. The molecule has 0 unspecified atom stereocenters. The van der Waals surface area contributed by atoms with Gasteiger partial charge in [-0.25, -0.2) is 4.68 Å². The highest BCUT2D eigenvalue weighted by Gasteiger charge is 2.21. The summed E-state index contributed by atoms with van der Waals surface area (Å²) in [5, 5.41) is 24.5. The van der Waals surface area contributed by atoms with E-state index in [9.17, 15) is 10.1 Å². The molecule has 150 valence electrons. The average Bonchev–Trinajstić information content (AvgIpc) is 3.29. The molecular formula is C19H21N7O2S. The van der Waals surface area contributed by atoms with Crippen LogP contribution in [0.4, 0.5) is 5.82 Å². The van der Waals surface area contributed by atoms with E-state index in [0.29, 0.717) is 23.1 Å². The molecule has 0 atom stereocenters. The second kappa shape index (κ2) is 8.79. The van der Waals surface area contributed by atoms with Gasteiger partial charge in [0.1, 0.15) is 17.6 Å². The summed E-state index contributed by atoms with van der Waals surface area (Å²) in [4.78, 5) is 12.6. The minimum Gasteiger partial charge on any atom is -0.497 e. The quantitative estimate of drug-likeness (QED) is 0.595. The molecule has 3 aromatic rings. The molecule has 0 aliphatic carbocycles. The van der Waals surface area contributed by atoms with E-state index in [2.05, 4.69) is 26.9 Å². The fraction of sp³-hybridized carbons (Fsp3) is 0.316. The first-order valence-electron chi connectivity index (χ1n) is 8.95. The highest BCUT2D eigenvalue weighted by molar-refractivity contribution is 7.99. The van der Waals surface area contributed by atoms with E-state index in [1.807, 2.05) is 49.6 Å². The number of anilines is 1. The summed E-state index contributed by atoms with van der Waals surface area (Å²) in [5.74, 6) is 1.06. The molecule has 0 saturated heterocycles. The van der Waals surface area contributed by atoms with Crippen molar-refractivity contribution in [3.8, 4) is 17.5 Å². The molecule has 1 aromatic carbocycles. The van der Waals surface area contributed by atoms with Gasteiger partial charge in [0, 0.05) is 17.9 Å². The van der Waals surface area contributed by atoms with Crippen molar-refractivity contribution in [1.29, 1.82) is 5.26 Å². The van der Waals surface area contributed by atoms with Crippen molar-refractivity contribution >= 4 is 23.5 Å². The fourth-order valence-corrected chi connectivity index (χ4v) is 3.65. The maximum absolute atomic E-state index is 12.6. The standard InChI is InChI=1S/C19H21N7O2S/c1-5-25-19(22-23-24-25)29-11-17(27)21-18-16(10-20)12(2)13(3)26(18)14-6-8-15(28-4)9-7-14/h6-9H,5,11H2,1-4H3,(H,21,27). The van der Waals surface area contributed by atoms with Crippen LogP contribution in [0.5, 0.6) is 5.75 Å². The van der Waals surface area contributed by atoms with E-state index in [0.717, 1.165) is 22.7 Å². The van der Waals surface area contributed by atoms with E-state index in [-0.39, 0.29) is 11.7 Å². The number of carbonyl (C=O) groups is 1. The first kappa shape index (κ1) is 20.4. The number of hydrogen-bond donors (Lipinski definition) is 1. The number of nitrogens with zero attached hydrogens (tertiary/aromatic N) is 6. The zero-order valence-corrected chi connectivity index (χ0v) is 17.4. The van der Waals surface area contributed by atoms with Crippen LogP contribution in [0.3, 0.4) is 0 Å². The fourth-order valence-electron chi connectivity index (χ4n) is 2.91. The number of nitrogens with one attached hydrogen (secondary N) is 1. The Morgan fingerprint density at radius 1 is 1.31 bits per heavy atom. The van der Waals surface area contributed by atoms with Gasteiger partial charge in [0.05, 0.1) is 18.4 Å². The zero-order valence-electron chi connectivity index (χ0n) is 16.6. The summed E-state index contributed by atoms with van der Waals surface area (Å²) >= 11 is 1.24. The molecule has 3 rings (SSSR count). The molecule has 1 N–H and O–H groups in total. The van der Waals surface area contributed by atoms with Crippen molar-refractivity contribution in [1.82, 2.24) is 24.8 Å². The number of aromatic nitrogens is 5. The number of methoxy groups -OCH3 is 1. The third-order valence-corrected chi connectivity index (χ3v) is 5.50. The van der Waals surface area contributed by atoms with Crippen LogP contribution < -0.4 is 10.1 Å². The van der Waals surface area contributed by atoms with Gasteiger partial charge in [0.2, 0.25) is 11.1 Å². The van der Waals surface area contributed by atoms with Gasteiger partial charge in [0.25, 0.3) is 0 Å². The van der Waals surface area contributed by atoms with Crippen LogP contribution in [-0.4, -0.2) is 43.5 Å². The van der Waals surface area contributed by atoms with Gasteiger partial charge in [-0.2, -0.15) is 5.26 Å². The van der Waals surface area contributed by atoms with E-state index < -0.39 is 0 Å². The highest BCUT2D eigenvalue weighted by Crippen LogP contribution is 2.31. The number of ether oxygens (including phenoxy) is 1. The molecule has 0 radical (unpaired) electrons. The van der Waals surface area contributed by atoms with Gasteiger partial charge in [0.15, 0.2) is 0 Å². The lowest BCUT2D eigenvalue weighted by molar-refractivity contribution is -0.113. The number of tetrazole rings is 1. The van der Waals surface area contributed by atoms with Crippen molar-refractivity contribution in [3.05, 3.63) is 41.1 Å². The lowest BCUT2D eigenvalue weighted by Crippen LogP contribution is -2.18. The Kier molecular flexibility index (Phi) is 6.19. The number of hydrogen-bond acceptors (Lipinski definition) is 7. The number of nitriles is 1. The molecule has 2 heterocycles. The Hall–Kier alpha value is -3.32. The predicted octanol–water partition coefficient (Wildman–Crippen LogP) is 2.71. The lowest BCUT2D eigenvalue weighted by Gasteiger charge is -2.13. The molecule has 0 saturated carbocycles. The zero-order chi connectivity index (χ0) is 21.0. The van der Waals surface area contributed by atoms with Crippen LogP contribution >= 0.6 is 11.8 Å². The van der Waals surface area contributed by atoms with Crippen molar-refractivity contribution in [3.63, 3.8) is 0 Å². The number of thioether (sulfide) groups is 1. The van der Waals surface area contributed by atoms with Crippen LogP contribution in [0, 0.1) is 25.2 Å². The van der Waals surface area contributed by atoms with Crippen LogP contribution in [0.25, 0.3) is 5.69 Å². The first-order valence-corrected chi connectivity index (χ1v) is 9.93. The smallest absolute Gasteiger partial charge is 0.236 e. The lowest BCUT2D eigenvalue weighted by atomic mass is 10.2. The van der Waals surface area contributed by atoms with Crippen molar-refractivity contribution in [2.75, 3.05) is 18.2 Å². The van der Waals surface area contributed by atoms with Gasteiger partial charge in [-0.3, -0.25) is 9.36 Å². The number of rotatable bonds is 7. The van der Waals surface area contributed by atoms with Gasteiger partial charge in [-0.05, 0) is 61.0 Å². The summed E-state index contributed by atoms with van der Waals surface area (Å²) in [6.07, 6.45) is 0. The minimum atomic E-state index is -0.246.